The van der Waals surface area contributed by atoms with Crippen molar-refractivity contribution in [1.82, 2.24) is 0 Å². The Morgan fingerprint density at radius 2 is 0.889 bits per heavy atom. The maximum atomic E-state index is 6.54. The standard InChI is InChI=1S/C52H30OS/c1-3-16-36-31(11-1)13-10-22-39(36)51-42-20-7-5-18-40(42)50(41-19-6-8-21-43(41)51)35-15-9-14-33(27-35)34-24-25-38-46-29-45-44-26-23-32-12-2-4-17-37(32)52(44)53-47(45)30-49(46)54-48(38)28-34/h1-30H. The molecular formula is C52H30OS. The minimum Gasteiger partial charge on any atom is -0.455 e. The Kier molecular flexibility index (Phi) is 6.28. The molecule has 0 fully saturated rings. The van der Waals surface area contributed by atoms with E-state index in [-0.39, 0.29) is 0 Å². The maximum absolute atomic E-state index is 6.54. The van der Waals surface area contributed by atoms with Crippen LogP contribution in [0.3, 0.4) is 0 Å². The summed E-state index contributed by atoms with van der Waals surface area (Å²) >= 11 is 1.84. The van der Waals surface area contributed by atoms with E-state index in [4.69, 9.17) is 4.42 Å². The van der Waals surface area contributed by atoms with Crippen molar-refractivity contribution >= 4 is 96.5 Å². The molecule has 0 radical (unpaired) electrons. The second-order valence-corrected chi connectivity index (χ2v) is 15.5. The van der Waals surface area contributed by atoms with E-state index >= 15 is 0 Å². The van der Waals surface area contributed by atoms with Gasteiger partial charge in [0.1, 0.15) is 11.2 Å². The molecule has 0 aliphatic rings. The highest BCUT2D eigenvalue weighted by Gasteiger charge is 2.19. The molecule has 0 aliphatic carbocycles. The lowest BCUT2D eigenvalue weighted by molar-refractivity contribution is 0.673. The zero-order valence-corrected chi connectivity index (χ0v) is 30.0. The van der Waals surface area contributed by atoms with Gasteiger partial charge in [-0.2, -0.15) is 0 Å². The lowest BCUT2D eigenvalue weighted by Crippen LogP contribution is -1.92. The van der Waals surface area contributed by atoms with E-state index in [0.29, 0.717) is 0 Å². The van der Waals surface area contributed by atoms with Gasteiger partial charge in [-0.1, -0.05) is 152 Å². The van der Waals surface area contributed by atoms with Crippen LogP contribution in [0.4, 0.5) is 0 Å². The molecular weight excluding hydrogens is 673 g/mol. The third kappa shape index (κ3) is 4.32. The smallest absolute Gasteiger partial charge is 0.143 e. The van der Waals surface area contributed by atoms with Crippen LogP contribution in [0, 0.1) is 0 Å². The summed E-state index contributed by atoms with van der Waals surface area (Å²) in [4.78, 5) is 0. The average molecular weight is 703 g/mol. The molecule has 0 unspecified atom stereocenters. The molecule has 2 heteroatoms. The van der Waals surface area contributed by atoms with Gasteiger partial charge in [-0.25, -0.2) is 0 Å². The van der Waals surface area contributed by atoms with Crippen molar-refractivity contribution < 1.29 is 4.42 Å². The topological polar surface area (TPSA) is 13.1 Å². The van der Waals surface area contributed by atoms with Crippen molar-refractivity contribution in [3.63, 3.8) is 0 Å². The first kappa shape index (κ1) is 29.8. The summed E-state index contributed by atoms with van der Waals surface area (Å²) in [6.45, 7) is 0. The van der Waals surface area contributed by atoms with E-state index in [9.17, 15) is 0 Å². The summed E-state index contributed by atoms with van der Waals surface area (Å²) in [7, 11) is 0. The Hall–Kier alpha value is -6.74. The first-order valence-corrected chi connectivity index (χ1v) is 19.3. The van der Waals surface area contributed by atoms with Crippen LogP contribution < -0.4 is 0 Å². The summed E-state index contributed by atoms with van der Waals surface area (Å²) in [5.74, 6) is 0. The summed E-state index contributed by atoms with van der Waals surface area (Å²) in [5.41, 5.74) is 9.41. The number of hydrogen-bond acceptors (Lipinski definition) is 2. The average Bonchev–Trinajstić information content (AvgIpc) is 3.78. The summed E-state index contributed by atoms with van der Waals surface area (Å²) in [5, 5.41) is 14.9. The number of furan rings is 1. The van der Waals surface area contributed by atoms with Gasteiger partial charge in [-0.15, -0.1) is 11.3 Å². The van der Waals surface area contributed by atoms with Gasteiger partial charge in [-0.3, -0.25) is 0 Å². The highest BCUT2D eigenvalue weighted by atomic mass is 32.1. The molecule has 54 heavy (non-hydrogen) atoms. The molecule has 0 atom stereocenters. The first-order valence-electron chi connectivity index (χ1n) is 18.5. The molecule has 0 saturated heterocycles. The van der Waals surface area contributed by atoms with Crippen LogP contribution in [-0.2, 0) is 0 Å². The van der Waals surface area contributed by atoms with Gasteiger partial charge in [0.05, 0.1) is 0 Å². The SMILES string of the molecule is c1cc(-c2ccc3c(c2)sc2cc4oc5c6ccccc6ccc5c4cc23)cc(-c2c3ccccc3c(-c3cccc4ccccc34)c3ccccc23)c1. The summed E-state index contributed by atoms with van der Waals surface area (Å²) < 4.78 is 9.07. The molecule has 1 nitrogen and oxygen atoms in total. The molecule has 12 aromatic rings. The lowest BCUT2D eigenvalue weighted by Gasteiger charge is -2.19. The van der Waals surface area contributed by atoms with E-state index in [1.165, 1.54) is 102 Å². The third-order valence-electron chi connectivity index (χ3n) is 11.4. The van der Waals surface area contributed by atoms with Crippen molar-refractivity contribution in [2.75, 3.05) is 0 Å². The highest BCUT2D eigenvalue weighted by Crippen LogP contribution is 2.46. The van der Waals surface area contributed by atoms with Crippen LogP contribution in [0.15, 0.2) is 186 Å². The molecule has 250 valence electrons. The Morgan fingerprint density at radius 3 is 1.67 bits per heavy atom. The van der Waals surface area contributed by atoms with Crippen molar-refractivity contribution in [2.45, 2.75) is 0 Å². The Morgan fingerprint density at radius 1 is 0.315 bits per heavy atom. The normalized spacial score (nSPS) is 12.1. The van der Waals surface area contributed by atoms with Crippen molar-refractivity contribution in [1.29, 1.82) is 0 Å². The van der Waals surface area contributed by atoms with Crippen molar-refractivity contribution in [3.05, 3.63) is 182 Å². The van der Waals surface area contributed by atoms with Gasteiger partial charge >= 0.3 is 0 Å². The maximum Gasteiger partial charge on any atom is 0.143 e. The number of rotatable bonds is 3. The second-order valence-electron chi connectivity index (χ2n) is 14.4. The molecule has 0 saturated carbocycles. The Balaban J connectivity index is 1.02. The number of hydrogen-bond donors (Lipinski definition) is 0. The minimum absolute atomic E-state index is 0.944. The molecule has 10 aromatic carbocycles. The third-order valence-corrected chi connectivity index (χ3v) is 12.5. The lowest BCUT2D eigenvalue weighted by atomic mass is 9.84. The first-order chi connectivity index (χ1) is 26.8. The summed E-state index contributed by atoms with van der Waals surface area (Å²) in [6.07, 6.45) is 0. The van der Waals surface area contributed by atoms with Gasteiger partial charge in [-0.05, 0) is 101 Å². The van der Waals surface area contributed by atoms with Crippen LogP contribution >= 0.6 is 11.3 Å². The zero-order chi connectivity index (χ0) is 35.3. The fraction of sp³-hybridized carbons (Fsp3) is 0. The van der Waals surface area contributed by atoms with Crippen LogP contribution in [0.25, 0.3) is 119 Å². The molecule has 0 aliphatic heterocycles. The van der Waals surface area contributed by atoms with Gasteiger partial charge in [0.2, 0.25) is 0 Å². The molecule has 2 heterocycles. The molecule has 12 rings (SSSR count). The Labute approximate surface area is 314 Å². The zero-order valence-electron chi connectivity index (χ0n) is 29.1. The predicted octanol–water partition coefficient (Wildman–Crippen LogP) is 15.6. The molecule has 0 N–H and O–H groups in total. The van der Waals surface area contributed by atoms with E-state index in [1.54, 1.807) is 0 Å². The van der Waals surface area contributed by atoms with Gasteiger partial charge in [0.15, 0.2) is 0 Å². The van der Waals surface area contributed by atoms with Crippen LogP contribution in [-0.4, -0.2) is 0 Å². The van der Waals surface area contributed by atoms with Gasteiger partial charge < -0.3 is 4.42 Å². The van der Waals surface area contributed by atoms with E-state index < -0.39 is 0 Å². The molecule has 0 bridgehead atoms. The Bertz CT molecular complexity index is 3450. The van der Waals surface area contributed by atoms with Crippen LogP contribution in [0.2, 0.25) is 0 Å². The van der Waals surface area contributed by atoms with Crippen molar-refractivity contribution in [3.8, 4) is 33.4 Å². The molecule has 2 aromatic heterocycles. The molecule has 0 spiro atoms. The van der Waals surface area contributed by atoms with E-state index in [1.807, 2.05) is 11.3 Å². The van der Waals surface area contributed by atoms with Crippen LogP contribution in [0.1, 0.15) is 0 Å². The van der Waals surface area contributed by atoms with Crippen molar-refractivity contribution in [2.24, 2.45) is 0 Å². The van der Waals surface area contributed by atoms with Gasteiger partial charge in [0, 0.05) is 36.3 Å². The largest absolute Gasteiger partial charge is 0.455 e. The van der Waals surface area contributed by atoms with Gasteiger partial charge in [0.25, 0.3) is 0 Å². The van der Waals surface area contributed by atoms with E-state index in [2.05, 4.69) is 182 Å². The monoisotopic (exact) mass is 702 g/mol. The highest BCUT2D eigenvalue weighted by molar-refractivity contribution is 7.25. The fourth-order valence-corrected chi connectivity index (χ4v) is 10.1. The quantitative estimate of drug-likeness (QED) is 0.167. The molecule has 0 amide bonds. The minimum atomic E-state index is 0.944. The van der Waals surface area contributed by atoms with Crippen LogP contribution in [0.5, 0.6) is 0 Å². The van der Waals surface area contributed by atoms with E-state index in [0.717, 1.165) is 16.6 Å². The number of benzene rings is 10. The number of fused-ring (bicyclic) bond motifs is 11. The predicted molar refractivity (Wildman–Crippen MR) is 233 cm³/mol. The summed E-state index contributed by atoms with van der Waals surface area (Å²) in [6, 6.07) is 66.8. The second kappa shape index (κ2) is 11.4. The fourth-order valence-electron chi connectivity index (χ4n) is 8.98. The number of thiophene rings is 1.